The van der Waals surface area contributed by atoms with Crippen molar-refractivity contribution in [3.63, 3.8) is 0 Å². The number of hydrazone groups is 1. The van der Waals surface area contributed by atoms with Gasteiger partial charge in [-0.2, -0.15) is 5.10 Å². The molecule has 0 spiro atoms. The van der Waals surface area contributed by atoms with Crippen molar-refractivity contribution in [3.8, 4) is 5.75 Å². The van der Waals surface area contributed by atoms with Crippen LogP contribution in [0.4, 0.5) is 0 Å². The Labute approximate surface area is 208 Å². The first-order chi connectivity index (χ1) is 16.5. The van der Waals surface area contributed by atoms with Gasteiger partial charge in [0.1, 0.15) is 5.75 Å². The number of ether oxygens (including phenoxy) is 1. The summed E-state index contributed by atoms with van der Waals surface area (Å²) in [7, 11) is 0. The molecule has 0 bridgehead atoms. The van der Waals surface area contributed by atoms with Crippen molar-refractivity contribution in [2.75, 3.05) is 12.4 Å². The standard InChI is InChI=1S/C26H26ClN3O3S/c1-19(21-5-3-2-4-6-21)29-26(32)18-33-23-11-7-20(8-12-23)17-28-30-25(31)15-16-34-24-13-9-22(27)10-14-24/h2-14,17,19H,15-16,18H2,1H3,(H,29,32)(H,30,31)/b28-17-/t19-/m1/s1. The molecule has 34 heavy (non-hydrogen) atoms. The summed E-state index contributed by atoms with van der Waals surface area (Å²) in [5.74, 6) is 0.863. The predicted octanol–water partition coefficient (Wildman–Crippen LogP) is 5.23. The van der Waals surface area contributed by atoms with Crippen molar-refractivity contribution >= 4 is 41.4 Å². The Bertz CT molecular complexity index is 1090. The van der Waals surface area contributed by atoms with Crippen LogP contribution in [0.2, 0.25) is 5.02 Å². The van der Waals surface area contributed by atoms with E-state index < -0.39 is 0 Å². The molecule has 3 aromatic carbocycles. The molecular weight excluding hydrogens is 470 g/mol. The molecule has 0 aliphatic carbocycles. The zero-order valence-corrected chi connectivity index (χ0v) is 20.3. The normalized spacial score (nSPS) is 11.7. The van der Waals surface area contributed by atoms with E-state index in [0.29, 0.717) is 22.9 Å². The number of amides is 2. The SMILES string of the molecule is C[C@@H](NC(=O)COc1ccc(/C=N\NC(=O)CCSc2ccc(Cl)cc2)cc1)c1ccccc1. The molecule has 0 heterocycles. The number of hydrogen-bond donors (Lipinski definition) is 2. The first kappa shape index (κ1) is 25.3. The van der Waals surface area contributed by atoms with E-state index in [0.717, 1.165) is 16.0 Å². The number of nitrogens with zero attached hydrogens (tertiary/aromatic N) is 1. The van der Waals surface area contributed by atoms with E-state index in [9.17, 15) is 9.59 Å². The van der Waals surface area contributed by atoms with E-state index in [4.69, 9.17) is 16.3 Å². The summed E-state index contributed by atoms with van der Waals surface area (Å²) in [5.41, 5.74) is 4.36. The zero-order chi connectivity index (χ0) is 24.2. The first-order valence-electron chi connectivity index (χ1n) is 10.8. The quantitative estimate of drug-likeness (QED) is 0.217. The molecule has 6 nitrogen and oxygen atoms in total. The molecule has 0 aliphatic heterocycles. The second kappa shape index (κ2) is 13.4. The summed E-state index contributed by atoms with van der Waals surface area (Å²) in [6.07, 6.45) is 1.91. The Morgan fingerprint density at radius 2 is 1.71 bits per heavy atom. The maximum atomic E-state index is 12.1. The van der Waals surface area contributed by atoms with Crippen LogP contribution in [0.15, 0.2) is 88.9 Å². The van der Waals surface area contributed by atoms with E-state index in [1.165, 1.54) is 0 Å². The van der Waals surface area contributed by atoms with Crippen LogP contribution < -0.4 is 15.5 Å². The fourth-order valence-corrected chi connectivity index (χ4v) is 3.91. The van der Waals surface area contributed by atoms with Crippen LogP contribution in [0.1, 0.15) is 30.5 Å². The van der Waals surface area contributed by atoms with Gasteiger partial charge in [-0.25, -0.2) is 5.43 Å². The molecule has 0 aliphatic rings. The third-order valence-electron chi connectivity index (χ3n) is 4.74. The molecule has 0 saturated carbocycles. The number of hydrogen-bond acceptors (Lipinski definition) is 5. The average Bonchev–Trinajstić information content (AvgIpc) is 2.85. The van der Waals surface area contributed by atoms with Gasteiger partial charge in [-0.05, 0) is 66.6 Å². The minimum atomic E-state index is -0.195. The van der Waals surface area contributed by atoms with Crippen molar-refractivity contribution in [2.24, 2.45) is 5.10 Å². The fraction of sp³-hybridized carbons (Fsp3) is 0.192. The molecule has 1 atom stereocenters. The summed E-state index contributed by atoms with van der Waals surface area (Å²) in [5, 5.41) is 7.59. The summed E-state index contributed by atoms with van der Waals surface area (Å²) >= 11 is 7.45. The van der Waals surface area contributed by atoms with Crippen LogP contribution in [0.5, 0.6) is 5.75 Å². The van der Waals surface area contributed by atoms with Crippen molar-refractivity contribution in [3.05, 3.63) is 95.0 Å². The van der Waals surface area contributed by atoms with Crippen LogP contribution in [0.3, 0.4) is 0 Å². The van der Waals surface area contributed by atoms with Crippen LogP contribution in [0, 0.1) is 0 Å². The lowest BCUT2D eigenvalue weighted by molar-refractivity contribution is -0.123. The van der Waals surface area contributed by atoms with E-state index in [1.54, 1.807) is 42.2 Å². The fourth-order valence-electron chi connectivity index (χ4n) is 2.93. The Balaban J connectivity index is 1.34. The minimum Gasteiger partial charge on any atom is -0.484 e. The summed E-state index contributed by atoms with van der Waals surface area (Å²) in [6, 6.07) is 24.2. The molecule has 8 heteroatoms. The molecule has 2 amide bonds. The minimum absolute atomic E-state index is 0.0747. The largest absolute Gasteiger partial charge is 0.484 e. The van der Waals surface area contributed by atoms with Crippen LogP contribution in [-0.4, -0.2) is 30.4 Å². The molecule has 2 N–H and O–H groups in total. The molecule has 0 aromatic heterocycles. The van der Waals surface area contributed by atoms with Crippen molar-refractivity contribution in [1.29, 1.82) is 0 Å². The number of rotatable bonds is 11. The highest BCUT2D eigenvalue weighted by Gasteiger charge is 2.09. The lowest BCUT2D eigenvalue weighted by atomic mass is 10.1. The van der Waals surface area contributed by atoms with E-state index in [1.807, 2.05) is 61.5 Å². The number of thioether (sulfide) groups is 1. The van der Waals surface area contributed by atoms with Crippen molar-refractivity contribution in [2.45, 2.75) is 24.3 Å². The summed E-state index contributed by atoms with van der Waals surface area (Å²) < 4.78 is 5.55. The van der Waals surface area contributed by atoms with Gasteiger partial charge in [0.25, 0.3) is 5.91 Å². The van der Waals surface area contributed by atoms with E-state index >= 15 is 0 Å². The molecule has 3 aromatic rings. The van der Waals surface area contributed by atoms with Crippen molar-refractivity contribution < 1.29 is 14.3 Å². The highest BCUT2D eigenvalue weighted by atomic mass is 35.5. The number of benzene rings is 3. The first-order valence-corrected chi connectivity index (χ1v) is 12.1. The van der Waals surface area contributed by atoms with E-state index in [-0.39, 0.29) is 24.5 Å². The van der Waals surface area contributed by atoms with Gasteiger partial charge in [-0.3, -0.25) is 9.59 Å². The van der Waals surface area contributed by atoms with Gasteiger partial charge in [0.05, 0.1) is 12.3 Å². The molecule has 3 rings (SSSR count). The summed E-state index contributed by atoms with van der Waals surface area (Å²) in [4.78, 5) is 25.1. The molecule has 0 fully saturated rings. The van der Waals surface area contributed by atoms with Crippen LogP contribution >= 0.6 is 23.4 Å². The molecule has 176 valence electrons. The highest BCUT2D eigenvalue weighted by Crippen LogP contribution is 2.20. The van der Waals surface area contributed by atoms with Crippen LogP contribution in [-0.2, 0) is 9.59 Å². The van der Waals surface area contributed by atoms with Gasteiger partial charge in [0, 0.05) is 22.1 Å². The molecule has 0 radical (unpaired) electrons. The molecule has 0 unspecified atom stereocenters. The molecule has 0 saturated heterocycles. The Morgan fingerprint density at radius 1 is 1.00 bits per heavy atom. The summed E-state index contributed by atoms with van der Waals surface area (Å²) in [6.45, 7) is 1.85. The van der Waals surface area contributed by atoms with Crippen molar-refractivity contribution in [1.82, 2.24) is 10.7 Å². The van der Waals surface area contributed by atoms with Gasteiger partial charge < -0.3 is 10.1 Å². The van der Waals surface area contributed by atoms with E-state index in [2.05, 4.69) is 15.8 Å². The number of nitrogens with one attached hydrogen (secondary N) is 2. The third kappa shape index (κ3) is 8.92. The lowest BCUT2D eigenvalue weighted by Crippen LogP contribution is -2.31. The highest BCUT2D eigenvalue weighted by molar-refractivity contribution is 7.99. The number of carbonyl (C=O) groups is 2. The third-order valence-corrected chi connectivity index (χ3v) is 6.01. The van der Waals surface area contributed by atoms with Gasteiger partial charge in [-0.1, -0.05) is 41.9 Å². The van der Waals surface area contributed by atoms with Gasteiger partial charge in [0.15, 0.2) is 6.61 Å². The maximum absolute atomic E-state index is 12.1. The smallest absolute Gasteiger partial charge is 0.258 e. The zero-order valence-electron chi connectivity index (χ0n) is 18.7. The van der Waals surface area contributed by atoms with Gasteiger partial charge >= 0.3 is 0 Å². The second-order valence-electron chi connectivity index (χ2n) is 7.40. The number of halogens is 1. The van der Waals surface area contributed by atoms with Gasteiger partial charge in [0.2, 0.25) is 5.91 Å². The second-order valence-corrected chi connectivity index (χ2v) is 9.01. The Kier molecular flexibility index (Phi) is 10.0. The van der Waals surface area contributed by atoms with Gasteiger partial charge in [-0.15, -0.1) is 11.8 Å². The monoisotopic (exact) mass is 495 g/mol. The average molecular weight is 496 g/mol. The Hall–Kier alpha value is -3.29. The van der Waals surface area contributed by atoms with Crippen LogP contribution in [0.25, 0.3) is 0 Å². The number of carbonyl (C=O) groups excluding carboxylic acids is 2. The predicted molar refractivity (Wildman–Crippen MR) is 137 cm³/mol. The Morgan fingerprint density at radius 3 is 2.41 bits per heavy atom. The topological polar surface area (TPSA) is 79.8 Å². The maximum Gasteiger partial charge on any atom is 0.258 e. The molecular formula is C26H26ClN3O3S. The lowest BCUT2D eigenvalue weighted by Gasteiger charge is -2.14.